The summed E-state index contributed by atoms with van der Waals surface area (Å²) in [6.07, 6.45) is 4.11. The maximum absolute atomic E-state index is 13.0. The Morgan fingerprint density at radius 2 is 1.95 bits per heavy atom. The minimum atomic E-state index is -0.0921. The van der Waals surface area contributed by atoms with Crippen LogP contribution in [0.3, 0.4) is 0 Å². The molecule has 5 heteroatoms. The average molecular weight is 295 g/mol. The normalized spacial score (nSPS) is 30.5. The number of nitrogens with one attached hydrogen (secondary N) is 1. The third kappa shape index (κ3) is 3.10. The zero-order chi connectivity index (χ0) is 14.7. The van der Waals surface area contributed by atoms with Gasteiger partial charge in [0.25, 0.3) is 0 Å². The first-order chi connectivity index (χ1) is 10.2. The van der Waals surface area contributed by atoms with Crippen molar-refractivity contribution in [1.82, 2.24) is 15.1 Å². The Balaban J connectivity index is 1.60. The number of hydrogen-bond donors (Lipinski definition) is 1. The van der Waals surface area contributed by atoms with Gasteiger partial charge in [-0.1, -0.05) is 6.92 Å². The van der Waals surface area contributed by atoms with Gasteiger partial charge >= 0.3 is 0 Å². The van der Waals surface area contributed by atoms with Crippen molar-refractivity contribution in [2.45, 2.75) is 38.6 Å². The van der Waals surface area contributed by atoms with E-state index in [1.165, 1.54) is 0 Å². The molecule has 3 rings (SSSR count). The van der Waals surface area contributed by atoms with Crippen molar-refractivity contribution in [2.75, 3.05) is 52.5 Å². The number of nitrogens with zero attached hydrogens (tertiary/aromatic N) is 2. The van der Waals surface area contributed by atoms with Crippen molar-refractivity contribution < 1.29 is 9.53 Å². The lowest BCUT2D eigenvalue weighted by Gasteiger charge is -2.39. The fourth-order valence-corrected chi connectivity index (χ4v) is 4.13. The van der Waals surface area contributed by atoms with E-state index in [2.05, 4.69) is 22.0 Å². The number of rotatable bonds is 3. The van der Waals surface area contributed by atoms with Gasteiger partial charge in [-0.05, 0) is 38.8 Å². The number of piperidine rings is 1. The molecule has 3 fully saturated rings. The highest BCUT2D eigenvalue weighted by Gasteiger charge is 2.43. The largest absolute Gasteiger partial charge is 0.379 e. The predicted molar refractivity (Wildman–Crippen MR) is 82.2 cm³/mol. The number of likely N-dealkylation sites (tertiary alicyclic amines) is 1. The molecule has 3 heterocycles. The molecule has 0 aromatic carbocycles. The molecule has 0 aromatic rings. The number of morpholine rings is 1. The molecule has 1 N–H and O–H groups in total. The maximum Gasteiger partial charge on any atom is 0.228 e. The molecule has 1 atom stereocenters. The zero-order valence-electron chi connectivity index (χ0n) is 13.3. The molecule has 0 bridgehead atoms. The summed E-state index contributed by atoms with van der Waals surface area (Å²) in [6.45, 7) is 9.75. The quantitative estimate of drug-likeness (QED) is 0.832. The van der Waals surface area contributed by atoms with Crippen LogP contribution in [0.1, 0.15) is 32.6 Å². The summed E-state index contributed by atoms with van der Waals surface area (Å²) in [7, 11) is 0. The lowest BCUT2D eigenvalue weighted by Crippen LogP contribution is -2.50. The van der Waals surface area contributed by atoms with Gasteiger partial charge in [-0.3, -0.25) is 9.69 Å². The Hall–Kier alpha value is -0.650. The zero-order valence-corrected chi connectivity index (χ0v) is 13.3. The van der Waals surface area contributed by atoms with E-state index in [1.54, 1.807) is 0 Å². The molecule has 1 unspecified atom stereocenters. The molecule has 3 saturated heterocycles. The van der Waals surface area contributed by atoms with Gasteiger partial charge in [0.05, 0.1) is 18.6 Å². The summed E-state index contributed by atoms with van der Waals surface area (Å²) in [5, 5.41) is 3.39. The molecule has 0 saturated carbocycles. The number of hydrogen-bond acceptors (Lipinski definition) is 4. The molecular weight excluding hydrogens is 266 g/mol. The summed E-state index contributed by atoms with van der Waals surface area (Å²) in [5.41, 5.74) is -0.0921. The highest BCUT2D eigenvalue weighted by atomic mass is 16.5. The first kappa shape index (κ1) is 15.3. The van der Waals surface area contributed by atoms with Crippen molar-refractivity contribution in [3.63, 3.8) is 0 Å². The van der Waals surface area contributed by atoms with E-state index in [0.29, 0.717) is 11.9 Å². The summed E-state index contributed by atoms with van der Waals surface area (Å²) < 4.78 is 5.43. The Kier molecular flexibility index (Phi) is 4.82. The average Bonchev–Trinajstić information content (AvgIpc) is 3.05. The molecule has 3 aliphatic heterocycles. The maximum atomic E-state index is 13.0. The van der Waals surface area contributed by atoms with Gasteiger partial charge in [-0.2, -0.15) is 0 Å². The van der Waals surface area contributed by atoms with Crippen molar-refractivity contribution in [3.8, 4) is 0 Å². The van der Waals surface area contributed by atoms with Crippen LogP contribution in [-0.4, -0.2) is 74.2 Å². The van der Waals surface area contributed by atoms with Crippen molar-refractivity contribution in [3.05, 3.63) is 0 Å². The third-order valence-electron chi connectivity index (χ3n) is 5.70. The van der Waals surface area contributed by atoms with E-state index in [9.17, 15) is 4.79 Å². The number of carbonyl (C=O) groups excluding carboxylic acids is 1. The fraction of sp³-hybridized carbons (Fsp3) is 0.938. The smallest absolute Gasteiger partial charge is 0.228 e. The second-order valence-electron chi connectivity index (χ2n) is 6.73. The first-order valence-electron chi connectivity index (χ1n) is 8.57. The van der Waals surface area contributed by atoms with Gasteiger partial charge in [-0.25, -0.2) is 0 Å². The summed E-state index contributed by atoms with van der Waals surface area (Å²) in [4.78, 5) is 17.7. The highest BCUT2D eigenvalue weighted by molar-refractivity contribution is 5.83. The van der Waals surface area contributed by atoms with Crippen LogP contribution in [0, 0.1) is 5.41 Å². The van der Waals surface area contributed by atoms with Crippen LogP contribution in [0.25, 0.3) is 0 Å². The number of amides is 1. The Morgan fingerprint density at radius 1 is 1.24 bits per heavy atom. The van der Waals surface area contributed by atoms with E-state index in [0.717, 1.165) is 78.2 Å². The van der Waals surface area contributed by atoms with Gasteiger partial charge in [0.15, 0.2) is 0 Å². The minimum Gasteiger partial charge on any atom is -0.379 e. The van der Waals surface area contributed by atoms with Crippen molar-refractivity contribution in [1.29, 1.82) is 0 Å². The Labute approximate surface area is 128 Å². The molecule has 0 radical (unpaired) electrons. The molecule has 0 aliphatic carbocycles. The second kappa shape index (κ2) is 6.63. The predicted octanol–water partition coefficient (Wildman–Crippen LogP) is 0.699. The molecule has 0 spiro atoms. The van der Waals surface area contributed by atoms with E-state index in [1.807, 2.05) is 0 Å². The molecular formula is C16H29N3O2. The van der Waals surface area contributed by atoms with Crippen LogP contribution in [0.5, 0.6) is 0 Å². The molecule has 3 aliphatic rings. The third-order valence-corrected chi connectivity index (χ3v) is 5.70. The van der Waals surface area contributed by atoms with Gasteiger partial charge in [-0.15, -0.1) is 0 Å². The SMILES string of the molecule is CCC1(C(=O)N2CCC(N3CCOCC3)C2)CCNCC1. The van der Waals surface area contributed by atoms with Crippen LogP contribution in [0.4, 0.5) is 0 Å². The topological polar surface area (TPSA) is 44.8 Å². The minimum absolute atomic E-state index is 0.0921. The van der Waals surface area contributed by atoms with Crippen molar-refractivity contribution >= 4 is 5.91 Å². The van der Waals surface area contributed by atoms with E-state index >= 15 is 0 Å². The van der Waals surface area contributed by atoms with Crippen LogP contribution in [0.15, 0.2) is 0 Å². The van der Waals surface area contributed by atoms with Crippen LogP contribution < -0.4 is 5.32 Å². The molecule has 0 aromatic heterocycles. The molecule has 120 valence electrons. The summed E-state index contributed by atoms with van der Waals surface area (Å²) >= 11 is 0. The Morgan fingerprint density at radius 3 is 2.62 bits per heavy atom. The lowest BCUT2D eigenvalue weighted by molar-refractivity contribution is -0.143. The molecule has 5 nitrogen and oxygen atoms in total. The first-order valence-corrected chi connectivity index (χ1v) is 8.57. The van der Waals surface area contributed by atoms with Gasteiger partial charge in [0.2, 0.25) is 5.91 Å². The van der Waals surface area contributed by atoms with E-state index in [4.69, 9.17) is 4.74 Å². The lowest BCUT2D eigenvalue weighted by atomic mass is 9.75. The van der Waals surface area contributed by atoms with E-state index < -0.39 is 0 Å². The molecule has 21 heavy (non-hydrogen) atoms. The highest BCUT2D eigenvalue weighted by Crippen LogP contribution is 2.36. The second-order valence-corrected chi connectivity index (χ2v) is 6.73. The van der Waals surface area contributed by atoms with Gasteiger partial charge in [0.1, 0.15) is 0 Å². The standard InChI is InChI=1S/C16H29N3O2/c1-2-16(4-6-17-7-5-16)15(20)19-8-3-14(13-19)18-9-11-21-12-10-18/h14,17H,2-13H2,1H3. The number of carbonyl (C=O) groups is 1. The summed E-state index contributed by atoms with van der Waals surface area (Å²) in [5.74, 6) is 0.419. The monoisotopic (exact) mass is 295 g/mol. The fourth-order valence-electron chi connectivity index (χ4n) is 4.13. The van der Waals surface area contributed by atoms with Gasteiger partial charge in [0, 0.05) is 32.2 Å². The van der Waals surface area contributed by atoms with Crippen LogP contribution >= 0.6 is 0 Å². The van der Waals surface area contributed by atoms with Gasteiger partial charge < -0.3 is 15.0 Å². The Bertz CT molecular complexity index is 363. The number of ether oxygens (including phenoxy) is 1. The molecule has 1 amide bonds. The van der Waals surface area contributed by atoms with Crippen LogP contribution in [-0.2, 0) is 9.53 Å². The van der Waals surface area contributed by atoms with E-state index in [-0.39, 0.29) is 5.41 Å². The van der Waals surface area contributed by atoms with Crippen LogP contribution in [0.2, 0.25) is 0 Å². The summed E-state index contributed by atoms with van der Waals surface area (Å²) in [6, 6.07) is 0.550. The van der Waals surface area contributed by atoms with Crippen molar-refractivity contribution in [2.24, 2.45) is 5.41 Å².